The molecule has 1 heterocycles. The molecule has 1 aromatic rings. The highest BCUT2D eigenvalue weighted by molar-refractivity contribution is 5.55. The highest BCUT2D eigenvalue weighted by Gasteiger charge is 2.23. The molecule has 0 aliphatic carbocycles. The Labute approximate surface area is 98.6 Å². The fourth-order valence-electron chi connectivity index (χ4n) is 1.95. The van der Waals surface area contributed by atoms with Crippen LogP contribution in [-0.4, -0.2) is 6.79 Å². The molecule has 1 aromatic carbocycles. The molecule has 0 aromatic heterocycles. The molecule has 90 valence electrons. The van der Waals surface area contributed by atoms with Crippen molar-refractivity contribution in [3.05, 3.63) is 23.3 Å². The van der Waals surface area contributed by atoms with Crippen molar-refractivity contribution in [2.45, 2.75) is 47.0 Å². The summed E-state index contributed by atoms with van der Waals surface area (Å²) in [5.74, 6) is 2.86. The molecule has 0 saturated carbocycles. The second-order valence-corrected chi connectivity index (χ2v) is 4.62. The summed E-state index contributed by atoms with van der Waals surface area (Å²) in [5, 5.41) is 0. The van der Waals surface area contributed by atoms with E-state index < -0.39 is 0 Å². The van der Waals surface area contributed by atoms with Crippen molar-refractivity contribution in [3.63, 3.8) is 0 Å². The number of rotatable bonds is 2. The first-order valence-electron chi connectivity index (χ1n) is 5.53. The van der Waals surface area contributed by atoms with Crippen molar-refractivity contribution in [3.8, 4) is 11.5 Å². The van der Waals surface area contributed by atoms with E-state index in [1.54, 1.807) is 0 Å². The SMILES string of the molecule is C.CC(C)c1ccc(C(C)C)c2c1OCO2. The van der Waals surface area contributed by atoms with Gasteiger partial charge < -0.3 is 9.47 Å². The zero-order valence-electron chi connectivity index (χ0n) is 9.83. The molecule has 2 nitrogen and oxygen atoms in total. The van der Waals surface area contributed by atoms with E-state index in [4.69, 9.17) is 9.47 Å². The first-order chi connectivity index (χ1) is 7.11. The summed E-state index contributed by atoms with van der Waals surface area (Å²) in [6.45, 7) is 9.05. The van der Waals surface area contributed by atoms with Crippen LogP contribution in [0, 0.1) is 0 Å². The molecule has 16 heavy (non-hydrogen) atoms. The summed E-state index contributed by atoms with van der Waals surface area (Å²) in [6, 6.07) is 4.32. The number of benzene rings is 1. The summed E-state index contributed by atoms with van der Waals surface area (Å²) >= 11 is 0. The van der Waals surface area contributed by atoms with Gasteiger partial charge in [0.1, 0.15) is 0 Å². The number of ether oxygens (including phenoxy) is 2. The van der Waals surface area contributed by atoms with Crippen LogP contribution in [-0.2, 0) is 0 Å². The predicted molar refractivity (Wildman–Crippen MR) is 67.5 cm³/mol. The number of hydrogen-bond donors (Lipinski definition) is 0. The van der Waals surface area contributed by atoms with E-state index in [9.17, 15) is 0 Å². The van der Waals surface area contributed by atoms with E-state index in [1.807, 2.05) is 0 Å². The van der Waals surface area contributed by atoms with E-state index in [1.165, 1.54) is 11.1 Å². The Morgan fingerprint density at radius 3 is 1.56 bits per heavy atom. The fraction of sp³-hybridized carbons (Fsp3) is 0.571. The quantitative estimate of drug-likeness (QED) is 0.742. The number of hydrogen-bond acceptors (Lipinski definition) is 2. The second-order valence-electron chi connectivity index (χ2n) is 4.62. The molecule has 0 saturated heterocycles. The molecule has 2 rings (SSSR count). The van der Waals surface area contributed by atoms with Crippen LogP contribution in [0.3, 0.4) is 0 Å². The first kappa shape index (κ1) is 12.9. The molecule has 2 heteroatoms. The summed E-state index contributed by atoms with van der Waals surface area (Å²) in [6.07, 6.45) is 0. The standard InChI is InChI=1S/C13H18O2.CH4/c1-8(2)10-5-6-11(9(3)4)13-12(10)14-7-15-13;/h5-6,8-9H,7H2,1-4H3;1H4. The third kappa shape index (κ3) is 2.01. The van der Waals surface area contributed by atoms with Crippen LogP contribution < -0.4 is 9.47 Å². The minimum absolute atomic E-state index is 0. The monoisotopic (exact) mass is 222 g/mol. The van der Waals surface area contributed by atoms with Crippen molar-refractivity contribution in [1.29, 1.82) is 0 Å². The maximum atomic E-state index is 5.56. The lowest BCUT2D eigenvalue weighted by Crippen LogP contribution is -1.95. The van der Waals surface area contributed by atoms with Crippen molar-refractivity contribution in [2.24, 2.45) is 0 Å². The Morgan fingerprint density at radius 2 is 1.25 bits per heavy atom. The molecule has 1 aliphatic heterocycles. The van der Waals surface area contributed by atoms with Crippen LogP contribution >= 0.6 is 0 Å². The Morgan fingerprint density at radius 1 is 0.875 bits per heavy atom. The minimum atomic E-state index is 0. The van der Waals surface area contributed by atoms with Gasteiger partial charge in [-0.2, -0.15) is 0 Å². The largest absolute Gasteiger partial charge is 0.453 e. The molecule has 0 N–H and O–H groups in total. The van der Waals surface area contributed by atoms with Crippen LogP contribution in [0.25, 0.3) is 0 Å². The molecule has 0 unspecified atom stereocenters. The topological polar surface area (TPSA) is 18.5 Å². The Kier molecular flexibility index (Phi) is 3.84. The van der Waals surface area contributed by atoms with Crippen LogP contribution in [0.15, 0.2) is 12.1 Å². The van der Waals surface area contributed by atoms with Gasteiger partial charge >= 0.3 is 0 Å². The van der Waals surface area contributed by atoms with Crippen LogP contribution in [0.5, 0.6) is 11.5 Å². The fourth-order valence-corrected chi connectivity index (χ4v) is 1.95. The molecule has 0 amide bonds. The van der Waals surface area contributed by atoms with Crippen molar-refractivity contribution < 1.29 is 9.47 Å². The van der Waals surface area contributed by atoms with Gasteiger partial charge in [-0.3, -0.25) is 0 Å². The minimum Gasteiger partial charge on any atom is -0.453 e. The third-order valence-electron chi connectivity index (χ3n) is 2.82. The molecule has 0 fully saturated rings. The van der Waals surface area contributed by atoms with E-state index in [2.05, 4.69) is 39.8 Å². The average Bonchev–Trinajstić information content (AvgIpc) is 2.63. The van der Waals surface area contributed by atoms with E-state index in [0.717, 1.165) is 11.5 Å². The Balaban J connectivity index is 0.00000128. The van der Waals surface area contributed by atoms with Gasteiger partial charge in [0.05, 0.1) is 0 Å². The zero-order chi connectivity index (χ0) is 11.0. The summed E-state index contributed by atoms with van der Waals surface area (Å²) < 4.78 is 11.1. The highest BCUT2D eigenvalue weighted by atomic mass is 16.7. The van der Waals surface area contributed by atoms with Gasteiger partial charge in [-0.1, -0.05) is 47.3 Å². The molecule has 0 spiro atoms. The van der Waals surface area contributed by atoms with Crippen molar-refractivity contribution >= 4 is 0 Å². The molecule has 1 aliphatic rings. The molecular formula is C14H22O2. The Hall–Kier alpha value is -1.18. The van der Waals surface area contributed by atoms with Crippen LogP contribution in [0.2, 0.25) is 0 Å². The van der Waals surface area contributed by atoms with Gasteiger partial charge in [-0.15, -0.1) is 0 Å². The molecule has 0 bridgehead atoms. The van der Waals surface area contributed by atoms with Gasteiger partial charge in [0, 0.05) is 11.1 Å². The normalized spacial score (nSPS) is 13.1. The van der Waals surface area contributed by atoms with Gasteiger partial charge in [-0.25, -0.2) is 0 Å². The van der Waals surface area contributed by atoms with Crippen molar-refractivity contribution in [1.82, 2.24) is 0 Å². The van der Waals surface area contributed by atoms with E-state index in [-0.39, 0.29) is 7.43 Å². The predicted octanol–water partition coefficient (Wildman–Crippen LogP) is 4.30. The van der Waals surface area contributed by atoms with E-state index >= 15 is 0 Å². The van der Waals surface area contributed by atoms with Gasteiger partial charge in [-0.05, 0) is 11.8 Å². The highest BCUT2D eigenvalue weighted by Crippen LogP contribution is 2.44. The van der Waals surface area contributed by atoms with Gasteiger partial charge in [0.2, 0.25) is 6.79 Å². The first-order valence-corrected chi connectivity index (χ1v) is 5.53. The van der Waals surface area contributed by atoms with Crippen molar-refractivity contribution in [2.75, 3.05) is 6.79 Å². The Bertz CT molecular complexity index is 332. The summed E-state index contributed by atoms with van der Waals surface area (Å²) in [4.78, 5) is 0. The van der Waals surface area contributed by atoms with E-state index in [0.29, 0.717) is 18.6 Å². The summed E-state index contributed by atoms with van der Waals surface area (Å²) in [7, 11) is 0. The lowest BCUT2D eigenvalue weighted by molar-refractivity contribution is 0.172. The second kappa shape index (κ2) is 4.77. The lowest BCUT2D eigenvalue weighted by Gasteiger charge is -2.14. The molecule has 0 atom stereocenters. The molecule has 0 radical (unpaired) electrons. The van der Waals surface area contributed by atoms with Crippen LogP contribution in [0.4, 0.5) is 0 Å². The molecular weight excluding hydrogens is 200 g/mol. The number of fused-ring (bicyclic) bond motifs is 1. The average molecular weight is 222 g/mol. The van der Waals surface area contributed by atoms with Gasteiger partial charge in [0.15, 0.2) is 11.5 Å². The third-order valence-corrected chi connectivity index (χ3v) is 2.82. The maximum absolute atomic E-state index is 5.56. The zero-order valence-corrected chi connectivity index (χ0v) is 9.83. The van der Waals surface area contributed by atoms with Crippen LogP contribution in [0.1, 0.15) is 58.1 Å². The maximum Gasteiger partial charge on any atom is 0.231 e. The van der Waals surface area contributed by atoms with Gasteiger partial charge in [0.25, 0.3) is 0 Å². The lowest BCUT2D eigenvalue weighted by atomic mass is 9.95. The smallest absolute Gasteiger partial charge is 0.231 e. The summed E-state index contributed by atoms with van der Waals surface area (Å²) in [5.41, 5.74) is 2.49.